The number of rotatable bonds is 10. The van der Waals surface area contributed by atoms with Crippen molar-refractivity contribution in [1.29, 1.82) is 0 Å². The minimum absolute atomic E-state index is 0.0710. The first-order valence-electron chi connectivity index (χ1n) is 29.1. The fraction of sp³-hybridized carbons (Fsp3) is 0.0759. The average molecular weight is 1080 g/mol. The number of allylic oxidation sites excluding steroid dienone is 4. The SMILES string of the molecule is CC(C)(C)c1ccc2c(c1)c1ccc(-n3c4ccccc4c4ccccc43)cc1n2-c1c(-c2ccccc2)cc(-c2nc(-c3ccc(-c4ccccc4)cc3)nc(-c3cc(-c4ccccc4)cc(C4C=CC=CC4)c3)n2)cc1-c1ccccc1. The topological polar surface area (TPSA) is 48.5 Å². The number of hydrogen-bond donors (Lipinski definition) is 0. The third-order valence-electron chi connectivity index (χ3n) is 16.8. The van der Waals surface area contributed by atoms with Crippen molar-refractivity contribution in [2.24, 2.45) is 0 Å². The first kappa shape index (κ1) is 50.5. The maximum absolute atomic E-state index is 5.61. The molecular weight excluding hydrogens is 1020 g/mol. The second-order valence-corrected chi connectivity index (χ2v) is 23.2. The van der Waals surface area contributed by atoms with Gasteiger partial charge in [-0.05, 0) is 117 Å². The van der Waals surface area contributed by atoms with Crippen molar-refractivity contribution >= 4 is 43.6 Å². The van der Waals surface area contributed by atoms with Crippen molar-refractivity contribution in [2.45, 2.75) is 38.5 Å². The Morgan fingerprint density at radius 2 is 0.821 bits per heavy atom. The summed E-state index contributed by atoms with van der Waals surface area (Å²) in [6, 6.07) is 94.7. The zero-order chi connectivity index (χ0) is 56.3. The zero-order valence-corrected chi connectivity index (χ0v) is 47.2. The molecule has 1 aliphatic carbocycles. The van der Waals surface area contributed by atoms with E-state index in [0.29, 0.717) is 17.5 Å². The number of aromatic nitrogens is 5. The lowest BCUT2D eigenvalue weighted by atomic mass is 9.86. The minimum Gasteiger partial charge on any atom is -0.309 e. The van der Waals surface area contributed by atoms with E-state index in [9.17, 15) is 0 Å². The van der Waals surface area contributed by atoms with Crippen LogP contribution < -0.4 is 0 Å². The molecule has 1 atom stereocenters. The largest absolute Gasteiger partial charge is 0.309 e. The summed E-state index contributed by atoms with van der Waals surface area (Å²) < 4.78 is 4.96. The molecular formula is C79H59N5. The van der Waals surface area contributed by atoms with E-state index in [1.807, 2.05) is 0 Å². The summed E-state index contributed by atoms with van der Waals surface area (Å²) in [6.07, 6.45) is 9.77. The van der Waals surface area contributed by atoms with Gasteiger partial charge < -0.3 is 9.13 Å². The zero-order valence-electron chi connectivity index (χ0n) is 47.2. The van der Waals surface area contributed by atoms with Crippen LogP contribution in [-0.2, 0) is 5.41 Å². The van der Waals surface area contributed by atoms with Crippen molar-refractivity contribution in [3.8, 4) is 90.0 Å². The van der Waals surface area contributed by atoms with Gasteiger partial charge in [0.15, 0.2) is 17.5 Å². The predicted molar refractivity (Wildman–Crippen MR) is 351 cm³/mol. The quantitative estimate of drug-likeness (QED) is 0.137. The Morgan fingerprint density at radius 3 is 1.39 bits per heavy atom. The van der Waals surface area contributed by atoms with Crippen LogP contribution in [0.3, 0.4) is 0 Å². The molecule has 1 aliphatic rings. The summed E-state index contributed by atoms with van der Waals surface area (Å²) in [5.74, 6) is 2.00. The molecule has 400 valence electrons. The molecule has 84 heavy (non-hydrogen) atoms. The fourth-order valence-corrected chi connectivity index (χ4v) is 12.6. The second-order valence-electron chi connectivity index (χ2n) is 23.2. The van der Waals surface area contributed by atoms with Crippen LogP contribution in [0.25, 0.3) is 134 Å². The van der Waals surface area contributed by atoms with Crippen molar-refractivity contribution in [2.75, 3.05) is 0 Å². The Kier molecular flexibility index (Phi) is 12.5. The van der Waals surface area contributed by atoms with E-state index in [1.54, 1.807) is 0 Å². The maximum Gasteiger partial charge on any atom is 0.164 e. The van der Waals surface area contributed by atoms with Gasteiger partial charge in [0.25, 0.3) is 0 Å². The monoisotopic (exact) mass is 1080 g/mol. The molecule has 0 fully saturated rings. The summed E-state index contributed by atoms with van der Waals surface area (Å²) in [4.78, 5) is 16.6. The molecule has 0 radical (unpaired) electrons. The van der Waals surface area contributed by atoms with Gasteiger partial charge in [-0.3, -0.25) is 0 Å². The Bertz CT molecular complexity index is 4760. The third-order valence-corrected chi connectivity index (χ3v) is 16.8. The van der Waals surface area contributed by atoms with Gasteiger partial charge in [0, 0.05) is 61.0 Å². The van der Waals surface area contributed by atoms with E-state index in [2.05, 4.69) is 315 Å². The van der Waals surface area contributed by atoms with Gasteiger partial charge in [-0.1, -0.05) is 245 Å². The van der Waals surface area contributed by atoms with Crippen LogP contribution in [0, 0.1) is 0 Å². The Labute approximate surface area is 489 Å². The standard InChI is InChI=1S/C79H59N5/c1-79(2,3)63-41-44-73-70(50-63)67-43-42-64(83-71-35-21-19-33-65(71)66-34-20-22-36-72(66)83)51-74(67)84(73)75-68(56-29-15-7-16-30-56)48-62(49-69(75)57-31-17-8-18-32-57)78-81-76(58-39-37-55(38-40-58)52-23-9-4-10-24-52)80-77(82-78)61-46-59(53-25-11-5-12-26-53)45-60(47-61)54-27-13-6-14-28-54/h4-27,29-51,54H,28H2,1-3H3. The summed E-state index contributed by atoms with van der Waals surface area (Å²) in [5.41, 5.74) is 20.7. The highest BCUT2D eigenvalue weighted by atomic mass is 15.0. The molecule has 5 nitrogen and oxygen atoms in total. The normalized spacial score (nSPS) is 13.4. The van der Waals surface area contributed by atoms with Crippen LogP contribution in [0.15, 0.2) is 285 Å². The molecule has 0 bridgehead atoms. The lowest BCUT2D eigenvalue weighted by Gasteiger charge is -2.22. The van der Waals surface area contributed by atoms with Gasteiger partial charge in [0.1, 0.15) is 0 Å². The molecule has 3 aromatic heterocycles. The van der Waals surface area contributed by atoms with Crippen molar-refractivity contribution in [1.82, 2.24) is 24.1 Å². The highest BCUT2D eigenvalue weighted by Crippen LogP contribution is 2.46. The smallest absolute Gasteiger partial charge is 0.164 e. The number of fused-ring (bicyclic) bond motifs is 6. The van der Waals surface area contributed by atoms with Gasteiger partial charge in [-0.25, -0.2) is 15.0 Å². The Balaban J connectivity index is 1.02. The Hall–Kier alpha value is -10.5. The highest BCUT2D eigenvalue weighted by molar-refractivity contribution is 6.13. The van der Waals surface area contributed by atoms with Crippen LogP contribution in [0.1, 0.15) is 44.2 Å². The van der Waals surface area contributed by atoms with Crippen LogP contribution in [0.4, 0.5) is 0 Å². The average Bonchev–Trinajstić information content (AvgIpc) is 1.94. The molecule has 1 unspecified atom stereocenters. The molecule has 0 amide bonds. The second kappa shape index (κ2) is 20.8. The Morgan fingerprint density at radius 1 is 0.345 bits per heavy atom. The van der Waals surface area contributed by atoms with Crippen molar-refractivity contribution in [3.05, 3.63) is 296 Å². The third kappa shape index (κ3) is 9.11. The lowest BCUT2D eigenvalue weighted by molar-refractivity contribution is 0.591. The number of benzene rings is 11. The summed E-state index contributed by atoms with van der Waals surface area (Å²) in [6.45, 7) is 6.90. The van der Waals surface area contributed by atoms with Crippen molar-refractivity contribution < 1.29 is 0 Å². The van der Waals surface area contributed by atoms with E-state index >= 15 is 0 Å². The van der Waals surface area contributed by atoms with E-state index in [1.165, 1.54) is 43.7 Å². The van der Waals surface area contributed by atoms with Crippen LogP contribution >= 0.6 is 0 Å². The molecule has 11 aromatic carbocycles. The number of hydrogen-bond acceptors (Lipinski definition) is 3. The molecule has 15 rings (SSSR count). The molecule has 0 spiro atoms. The van der Waals surface area contributed by atoms with E-state index in [-0.39, 0.29) is 11.3 Å². The van der Waals surface area contributed by atoms with E-state index in [4.69, 9.17) is 15.0 Å². The van der Waals surface area contributed by atoms with E-state index in [0.717, 1.165) is 90.0 Å². The molecule has 0 saturated carbocycles. The molecule has 0 saturated heterocycles. The molecule has 5 heteroatoms. The first-order chi connectivity index (χ1) is 41.3. The van der Waals surface area contributed by atoms with Crippen LogP contribution in [-0.4, -0.2) is 24.1 Å². The van der Waals surface area contributed by atoms with Gasteiger partial charge in [0.05, 0.1) is 27.8 Å². The maximum atomic E-state index is 5.61. The van der Waals surface area contributed by atoms with Gasteiger partial charge in [-0.15, -0.1) is 0 Å². The highest BCUT2D eigenvalue weighted by Gasteiger charge is 2.26. The molecule has 3 heterocycles. The fourth-order valence-electron chi connectivity index (χ4n) is 12.6. The van der Waals surface area contributed by atoms with Crippen molar-refractivity contribution in [3.63, 3.8) is 0 Å². The van der Waals surface area contributed by atoms with Crippen LogP contribution in [0.5, 0.6) is 0 Å². The molecule has 0 aliphatic heterocycles. The van der Waals surface area contributed by atoms with Gasteiger partial charge in [0.2, 0.25) is 0 Å². The van der Waals surface area contributed by atoms with Crippen LogP contribution in [0.2, 0.25) is 0 Å². The first-order valence-corrected chi connectivity index (χ1v) is 29.1. The molecule has 0 N–H and O–H groups in total. The number of para-hydroxylation sites is 2. The van der Waals surface area contributed by atoms with Gasteiger partial charge >= 0.3 is 0 Å². The lowest BCUT2D eigenvalue weighted by Crippen LogP contribution is -2.10. The predicted octanol–water partition coefficient (Wildman–Crippen LogP) is 20.6. The summed E-state index contributed by atoms with van der Waals surface area (Å²) >= 11 is 0. The summed E-state index contributed by atoms with van der Waals surface area (Å²) in [5, 5.41) is 4.85. The summed E-state index contributed by atoms with van der Waals surface area (Å²) in [7, 11) is 0. The minimum atomic E-state index is -0.0710. The number of nitrogens with zero attached hydrogens (tertiary/aromatic N) is 5. The van der Waals surface area contributed by atoms with Gasteiger partial charge in [-0.2, -0.15) is 0 Å². The molecule has 14 aromatic rings. The van der Waals surface area contributed by atoms with E-state index < -0.39 is 0 Å².